The van der Waals surface area contributed by atoms with Gasteiger partial charge in [0.25, 0.3) is 5.91 Å². The molecular formula is C17H25N3O3. The van der Waals surface area contributed by atoms with Gasteiger partial charge in [0.05, 0.1) is 12.7 Å². The number of benzene rings is 1. The predicted octanol–water partition coefficient (Wildman–Crippen LogP) is 2.01. The van der Waals surface area contributed by atoms with E-state index in [4.69, 9.17) is 4.74 Å². The molecule has 0 aliphatic carbocycles. The molecule has 2 rings (SSSR count). The van der Waals surface area contributed by atoms with E-state index in [1.165, 1.54) is 0 Å². The van der Waals surface area contributed by atoms with Gasteiger partial charge in [0, 0.05) is 25.2 Å². The molecule has 1 heterocycles. The van der Waals surface area contributed by atoms with Crippen molar-refractivity contribution in [2.24, 2.45) is 0 Å². The van der Waals surface area contributed by atoms with Crippen molar-refractivity contribution < 1.29 is 14.3 Å². The number of hydrogen-bond acceptors (Lipinski definition) is 3. The Morgan fingerprint density at radius 3 is 2.48 bits per heavy atom. The zero-order valence-corrected chi connectivity index (χ0v) is 14.0. The fourth-order valence-corrected chi connectivity index (χ4v) is 2.71. The van der Waals surface area contributed by atoms with Crippen molar-refractivity contribution in [3.63, 3.8) is 0 Å². The molecule has 3 amide bonds. The number of piperidine rings is 1. The summed E-state index contributed by atoms with van der Waals surface area (Å²) in [5.74, 6) is 0.571. The van der Waals surface area contributed by atoms with Gasteiger partial charge in [0.2, 0.25) is 0 Å². The average Bonchev–Trinajstić information content (AvgIpc) is 2.54. The van der Waals surface area contributed by atoms with Crippen LogP contribution in [0.3, 0.4) is 0 Å². The van der Waals surface area contributed by atoms with Gasteiger partial charge in [-0.25, -0.2) is 4.79 Å². The van der Waals surface area contributed by atoms with Crippen molar-refractivity contribution in [1.82, 2.24) is 15.5 Å². The largest absolute Gasteiger partial charge is 0.496 e. The van der Waals surface area contributed by atoms with Crippen LogP contribution in [0.25, 0.3) is 0 Å². The first-order valence-corrected chi connectivity index (χ1v) is 8.00. The first-order valence-electron chi connectivity index (χ1n) is 8.00. The van der Waals surface area contributed by atoms with Crippen LogP contribution in [0.1, 0.15) is 37.0 Å². The highest BCUT2D eigenvalue weighted by Crippen LogP contribution is 2.21. The Morgan fingerprint density at radius 1 is 1.22 bits per heavy atom. The number of hydrogen-bond donors (Lipinski definition) is 2. The molecule has 0 aromatic heterocycles. The highest BCUT2D eigenvalue weighted by atomic mass is 16.5. The number of amides is 3. The molecule has 1 aliphatic rings. The number of urea groups is 1. The van der Waals surface area contributed by atoms with E-state index in [0.29, 0.717) is 24.4 Å². The van der Waals surface area contributed by atoms with Gasteiger partial charge in [-0.1, -0.05) is 12.1 Å². The number of likely N-dealkylation sites (tertiary alicyclic amines) is 1. The minimum Gasteiger partial charge on any atom is -0.496 e. The van der Waals surface area contributed by atoms with Crippen molar-refractivity contribution >= 4 is 11.9 Å². The predicted molar refractivity (Wildman–Crippen MR) is 88.7 cm³/mol. The van der Waals surface area contributed by atoms with Gasteiger partial charge in [-0.2, -0.15) is 0 Å². The first kappa shape index (κ1) is 17.1. The third kappa shape index (κ3) is 4.61. The molecule has 126 valence electrons. The molecule has 0 bridgehead atoms. The standard InChI is InChI=1S/C17H25N3O3/c1-12(2)18-17(22)19-13-8-10-20(11-9-13)16(21)14-6-4-5-7-15(14)23-3/h4-7,12-13H,8-11H2,1-3H3,(H2,18,19,22). The van der Waals surface area contributed by atoms with Crippen molar-refractivity contribution in [3.05, 3.63) is 29.8 Å². The van der Waals surface area contributed by atoms with Gasteiger partial charge in [-0.15, -0.1) is 0 Å². The van der Waals surface area contributed by atoms with Crippen LogP contribution in [0.4, 0.5) is 4.79 Å². The molecule has 23 heavy (non-hydrogen) atoms. The summed E-state index contributed by atoms with van der Waals surface area (Å²) in [5.41, 5.74) is 0.582. The SMILES string of the molecule is COc1ccccc1C(=O)N1CCC(NC(=O)NC(C)C)CC1. The number of carbonyl (C=O) groups is 2. The van der Waals surface area contributed by atoms with Crippen LogP contribution in [-0.2, 0) is 0 Å². The van der Waals surface area contributed by atoms with Crippen LogP contribution in [0.2, 0.25) is 0 Å². The molecule has 0 spiro atoms. The number of methoxy groups -OCH3 is 1. The molecule has 1 saturated heterocycles. The second-order valence-corrected chi connectivity index (χ2v) is 6.04. The van der Waals surface area contributed by atoms with Gasteiger partial charge in [-0.3, -0.25) is 4.79 Å². The van der Waals surface area contributed by atoms with Gasteiger partial charge in [0.1, 0.15) is 5.75 Å². The summed E-state index contributed by atoms with van der Waals surface area (Å²) in [6, 6.07) is 7.32. The molecule has 6 nitrogen and oxygen atoms in total. The molecule has 2 N–H and O–H groups in total. The summed E-state index contributed by atoms with van der Waals surface area (Å²) < 4.78 is 5.26. The maximum atomic E-state index is 12.6. The monoisotopic (exact) mass is 319 g/mol. The second-order valence-electron chi connectivity index (χ2n) is 6.04. The van der Waals surface area contributed by atoms with Crippen molar-refractivity contribution in [2.45, 2.75) is 38.8 Å². The number of ether oxygens (including phenoxy) is 1. The van der Waals surface area contributed by atoms with E-state index in [1.54, 1.807) is 19.2 Å². The summed E-state index contributed by atoms with van der Waals surface area (Å²) in [6.07, 6.45) is 1.51. The van der Waals surface area contributed by atoms with Crippen molar-refractivity contribution in [2.75, 3.05) is 20.2 Å². The third-order valence-corrected chi connectivity index (χ3v) is 3.87. The van der Waals surface area contributed by atoms with Gasteiger partial charge in [-0.05, 0) is 38.8 Å². The Bertz CT molecular complexity index is 552. The number of para-hydroxylation sites is 1. The summed E-state index contributed by atoms with van der Waals surface area (Å²) >= 11 is 0. The van der Waals surface area contributed by atoms with E-state index in [-0.39, 0.29) is 24.0 Å². The quantitative estimate of drug-likeness (QED) is 0.892. The molecule has 0 radical (unpaired) electrons. The summed E-state index contributed by atoms with van der Waals surface area (Å²) in [6.45, 7) is 5.11. The molecule has 1 aromatic carbocycles. The van der Waals surface area contributed by atoms with Crippen molar-refractivity contribution in [3.8, 4) is 5.75 Å². The first-order chi connectivity index (χ1) is 11.0. The summed E-state index contributed by atoms with van der Waals surface area (Å²) in [4.78, 5) is 26.1. The molecular weight excluding hydrogens is 294 g/mol. The van der Waals surface area contributed by atoms with Crippen LogP contribution in [0.15, 0.2) is 24.3 Å². The molecule has 1 aliphatic heterocycles. The lowest BCUT2D eigenvalue weighted by Gasteiger charge is -2.32. The molecule has 0 atom stereocenters. The van der Waals surface area contributed by atoms with Crippen LogP contribution in [0.5, 0.6) is 5.75 Å². The Labute approximate surface area is 137 Å². The van der Waals surface area contributed by atoms with E-state index >= 15 is 0 Å². The minimum absolute atomic E-state index is 0.0208. The highest BCUT2D eigenvalue weighted by molar-refractivity contribution is 5.97. The highest BCUT2D eigenvalue weighted by Gasteiger charge is 2.26. The fourth-order valence-electron chi connectivity index (χ4n) is 2.71. The zero-order chi connectivity index (χ0) is 16.8. The Hall–Kier alpha value is -2.24. The van der Waals surface area contributed by atoms with Crippen LogP contribution in [-0.4, -0.2) is 49.1 Å². The summed E-state index contributed by atoms with van der Waals surface area (Å²) in [7, 11) is 1.57. The molecule has 1 fully saturated rings. The topological polar surface area (TPSA) is 70.7 Å². The number of nitrogens with zero attached hydrogens (tertiary/aromatic N) is 1. The van der Waals surface area contributed by atoms with E-state index in [0.717, 1.165) is 12.8 Å². The lowest BCUT2D eigenvalue weighted by atomic mass is 10.0. The zero-order valence-electron chi connectivity index (χ0n) is 14.0. The van der Waals surface area contributed by atoms with Gasteiger partial charge < -0.3 is 20.3 Å². The van der Waals surface area contributed by atoms with Crippen LogP contribution in [0, 0.1) is 0 Å². The van der Waals surface area contributed by atoms with Crippen LogP contribution < -0.4 is 15.4 Å². The van der Waals surface area contributed by atoms with E-state index in [9.17, 15) is 9.59 Å². The molecule has 0 saturated carbocycles. The maximum Gasteiger partial charge on any atom is 0.315 e. The second kappa shape index (κ2) is 7.85. The normalized spacial score (nSPS) is 15.4. The average molecular weight is 319 g/mol. The lowest BCUT2D eigenvalue weighted by molar-refractivity contribution is 0.0705. The number of rotatable bonds is 4. The van der Waals surface area contributed by atoms with E-state index < -0.39 is 0 Å². The maximum absolute atomic E-state index is 12.6. The minimum atomic E-state index is -0.144. The lowest BCUT2D eigenvalue weighted by Crippen LogP contribution is -2.50. The molecule has 1 aromatic rings. The Balaban J connectivity index is 1.89. The van der Waals surface area contributed by atoms with E-state index in [1.807, 2.05) is 30.9 Å². The number of carbonyl (C=O) groups excluding carboxylic acids is 2. The number of nitrogens with one attached hydrogen (secondary N) is 2. The smallest absolute Gasteiger partial charge is 0.315 e. The fraction of sp³-hybridized carbons (Fsp3) is 0.529. The van der Waals surface area contributed by atoms with Crippen LogP contribution >= 0.6 is 0 Å². The summed E-state index contributed by atoms with van der Waals surface area (Å²) in [5, 5.41) is 5.78. The Morgan fingerprint density at radius 2 is 1.87 bits per heavy atom. The van der Waals surface area contributed by atoms with Gasteiger partial charge in [0.15, 0.2) is 0 Å². The molecule has 0 unspecified atom stereocenters. The van der Waals surface area contributed by atoms with E-state index in [2.05, 4.69) is 10.6 Å². The van der Waals surface area contributed by atoms with Crippen molar-refractivity contribution in [1.29, 1.82) is 0 Å². The third-order valence-electron chi connectivity index (χ3n) is 3.87. The molecule has 6 heteroatoms. The van der Waals surface area contributed by atoms with Gasteiger partial charge >= 0.3 is 6.03 Å². The Kier molecular flexibility index (Phi) is 5.84.